The molecule has 0 radical (unpaired) electrons. The summed E-state index contributed by atoms with van der Waals surface area (Å²) in [6, 6.07) is 12.6. The van der Waals surface area contributed by atoms with E-state index in [1.165, 1.54) is 19.1 Å². The first-order valence-electron chi connectivity index (χ1n) is 9.64. The zero-order valence-electron chi connectivity index (χ0n) is 17.3. The summed E-state index contributed by atoms with van der Waals surface area (Å²) in [5.74, 6) is -3.89. The monoisotopic (exact) mass is 476 g/mol. The van der Waals surface area contributed by atoms with Gasteiger partial charge >= 0.3 is 6.08 Å². The number of anilines is 1. The minimum absolute atomic E-state index is 0.0188. The average Bonchev–Trinajstić information content (AvgIpc) is 3.18. The second-order valence-electron chi connectivity index (χ2n) is 7.01. The third-order valence-electron chi connectivity index (χ3n) is 4.71. The van der Waals surface area contributed by atoms with Crippen molar-refractivity contribution in [2.75, 3.05) is 11.9 Å². The molecule has 4 aromatic rings. The Morgan fingerprint density at radius 2 is 1.70 bits per heavy atom. The highest BCUT2D eigenvalue weighted by Gasteiger charge is 2.26. The molecule has 0 saturated heterocycles. The average molecular weight is 477 g/mol. The lowest BCUT2D eigenvalue weighted by atomic mass is 10.2. The van der Waals surface area contributed by atoms with Gasteiger partial charge in [0.05, 0.1) is 0 Å². The van der Waals surface area contributed by atoms with Crippen LogP contribution in [0.5, 0.6) is 17.6 Å². The first-order valence-corrected chi connectivity index (χ1v) is 10.0. The number of hydrogen-bond donors (Lipinski definition) is 0. The van der Waals surface area contributed by atoms with Crippen molar-refractivity contribution in [1.29, 1.82) is 0 Å². The number of aromatic nitrogens is 1. The topological polar surface area (TPSA) is 64.8 Å². The summed E-state index contributed by atoms with van der Waals surface area (Å²) in [6.07, 6.45) is -1.10. The van der Waals surface area contributed by atoms with Crippen LogP contribution in [0.25, 0.3) is 11.1 Å². The zero-order chi connectivity index (χ0) is 23.7. The highest BCUT2D eigenvalue weighted by atomic mass is 35.5. The quantitative estimate of drug-likeness (QED) is 0.314. The number of rotatable bonds is 6. The van der Waals surface area contributed by atoms with Gasteiger partial charge in [0.1, 0.15) is 28.5 Å². The molecule has 1 heterocycles. The number of halogens is 4. The fraction of sp³-hybridized carbons (Fsp3) is 0.130. The van der Waals surface area contributed by atoms with E-state index in [1.54, 1.807) is 30.3 Å². The van der Waals surface area contributed by atoms with Gasteiger partial charge in [-0.3, -0.25) is 4.79 Å². The molecule has 1 unspecified atom stereocenters. The summed E-state index contributed by atoms with van der Waals surface area (Å²) in [5, 5.41) is 0.504. The molecule has 0 aliphatic rings. The summed E-state index contributed by atoms with van der Waals surface area (Å²) in [6.45, 7) is 1.40. The molecule has 0 aliphatic heterocycles. The summed E-state index contributed by atoms with van der Waals surface area (Å²) in [7, 11) is 1.13. The molecule has 0 aliphatic carbocycles. The Hall–Kier alpha value is -3.72. The molecule has 10 heteroatoms. The van der Waals surface area contributed by atoms with Crippen LogP contribution in [0.4, 0.5) is 18.9 Å². The number of fused-ring (bicyclic) bond motifs is 1. The molecule has 0 spiro atoms. The molecule has 1 amide bonds. The Bertz CT molecular complexity index is 1330. The number of ether oxygens (including phenoxy) is 2. The summed E-state index contributed by atoms with van der Waals surface area (Å²) < 4.78 is 58.0. The molecule has 170 valence electrons. The molecule has 0 N–H and O–H groups in total. The van der Waals surface area contributed by atoms with E-state index in [1.807, 2.05) is 0 Å². The highest BCUT2D eigenvalue weighted by molar-refractivity contribution is 6.31. The van der Waals surface area contributed by atoms with Crippen molar-refractivity contribution >= 4 is 34.3 Å². The van der Waals surface area contributed by atoms with E-state index in [2.05, 4.69) is 4.98 Å². The number of carbonyl (C=O) groups excluding carboxylic acids is 1. The lowest BCUT2D eigenvalue weighted by Crippen LogP contribution is -2.39. The van der Waals surface area contributed by atoms with Gasteiger partial charge in [0.2, 0.25) is 0 Å². The Morgan fingerprint density at radius 1 is 1.03 bits per heavy atom. The smallest absolute Gasteiger partial charge is 0.400 e. The van der Waals surface area contributed by atoms with E-state index in [4.69, 9.17) is 25.5 Å². The Kier molecular flexibility index (Phi) is 6.15. The first kappa shape index (κ1) is 22.5. The minimum Gasteiger partial charge on any atom is -0.481 e. The van der Waals surface area contributed by atoms with Crippen molar-refractivity contribution in [3.8, 4) is 17.6 Å². The van der Waals surface area contributed by atoms with Crippen LogP contribution >= 0.6 is 11.6 Å². The van der Waals surface area contributed by atoms with E-state index in [9.17, 15) is 18.0 Å². The standard InChI is InChI=1S/C23H16ClF3N2O4/c1-12(22(30)29(2)21-17(26)9-8-16(25)20(21)27)31-14-4-6-15(7-5-14)32-23-28-18-10-3-13(24)11-19(18)33-23/h3-12H,1-2H3. The molecule has 33 heavy (non-hydrogen) atoms. The molecule has 4 rings (SSSR count). The van der Waals surface area contributed by atoms with Gasteiger partial charge in [-0.05, 0) is 55.5 Å². The van der Waals surface area contributed by atoms with Gasteiger partial charge in [0, 0.05) is 18.1 Å². The van der Waals surface area contributed by atoms with Crippen molar-refractivity contribution in [2.24, 2.45) is 0 Å². The normalized spacial score (nSPS) is 11.9. The predicted molar refractivity (Wildman–Crippen MR) is 115 cm³/mol. The number of oxazole rings is 1. The van der Waals surface area contributed by atoms with Crippen molar-refractivity contribution in [3.05, 3.63) is 77.1 Å². The van der Waals surface area contributed by atoms with Gasteiger partial charge in [-0.15, -0.1) is 0 Å². The number of hydrogen-bond acceptors (Lipinski definition) is 5. The van der Waals surface area contributed by atoms with E-state index < -0.39 is 35.2 Å². The lowest BCUT2D eigenvalue weighted by molar-refractivity contribution is -0.124. The fourth-order valence-corrected chi connectivity index (χ4v) is 3.23. The van der Waals surface area contributed by atoms with Crippen LogP contribution in [0.1, 0.15) is 6.92 Å². The van der Waals surface area contributed by atoms with Crippen molar-refractivity contribution in [3.63, 3.8) is 0 Å². The predicted octanol–water partition coefficient (Wildman–Crippen LogP) is 6.12. The number of nitrogens with zero attached hydrogens (tertiary/aromatic N) is 2. The third-order valence-corrected chi connectivity index (χ3v) is 4.94. The molecular weight excluding hydrogens is 461 g/mol. The molecule has 1 aromatic heterocycles. The first-order chi connectivity index (χ1) is 15.7. The number of benzene rings is 3. The van der Waals surface area contributed by atoms with Gasteiger partial charge in [0.25, 0.3) is 5.91 Å². The third kappa shape index (κ3) is 4.73. The molecular formula is C23H16ClF3N2O4. The molecule has 0 saturated carbocycles. The maximum absolute atomic E-state index is 14.0. The fourth-order valence-electron chi connectivity index (χ4n) is 3.07. The molecule has 0 fully saturated rings. The maximum Gasteiger partial charge on any atom is 0.400 e. The van der Waals surface area contributed by atoms with Gasteiger partial charge in [-0.2, -0.15) is 4.98 Å². The molecule has 6 nitrogen and oxygen atoms in total. The van der Waals surface area contributed by atoms with Crippen LogP contribution in [-0.4, -0.2) is 24.0 Å². The SMILES string of the molecule is CC(Oc1ccc(Oc2nc3ccc(Cl)cc3o2)cc1)C(=O)N(C)c1c(F)ccc(F)c1F. The Labute approximate surface area is 191 Å². The summed E-state index contributed by atoms with van der Waals surface area (Å²) >= 11 is 5.92. The van der Waals surface area contributed by atoms with Crippen molar-refractivity contribution < 1.29 is 31.9 Å². The number of amides is 1. The minimum atomic E-state index is -1.46. The second-order valence-corrected chi connectivity index (χ2v) is 7.45. The van der Waals surface area contributed by atoms with Crippen LogP contribution < -0.4 is 14.4 Å². The van der Waals surface area contributed by atoms with Crippen molar-refractivity contribution in [1.82, 2.24) is 4.98 Å². The van der Waals surface area contributed by atoms with Crippen LogP contribution in [0.2, 0.25) is 5.02 Å². The Balaban J connectivity index is 1.42. The molecule has 3 aromatic carbocycles. The van der Waals surface area contributed by atoms with E-state index in [-0.39, 0.29) is 6.08 Å². The van der Waals surface area contributed by atoms with E-state index in [0.717, 1.165) is 13.1 Å². The van der Waals surface area contributed by atoms with Gasteiger partial charge in [0.15, 0.2) is 23.3 Å². The van der Waals surface area contributed by atoms with Crippen LogP contribution in [-0.2, 0) is 4.79 Å². The lowest BCUT2D eigenvalue weighted by Gasteiger charge is -2.23. The maximum atomic E-state index is 14.0. The van der Waals surface area contributed by atoms with Crippen LogP contribution in [0.15, 0.2) is 59.0 Å². The van der Waals surface area contributed by atoms with Crippen LogP contribution in [0, 0.1) is 17.5 Å². The van der Waals surface area contributed by atoms with E-state index in [0.29, 0.717) is 38.6 Å². The summed E-state index contributed by atoms with van der Waals surface area (Å²) in [4.78, 5) is 17.4. The van der Waals surface area contributed by atoms with Crippen LogP contribution in [0.3, 0.4) is 0 Å². The highest BCUT2D eigenvalue weighted by Crippen LogP contribution is 2.29. The largest absolute Gasteiger partial charge is 0.481 e. The van der Waals surface area contributed by atoms with Gasteiger partial charge in [-0.1, -0.05) is 11.6 Å². The number of likely N-dealkylation sites (N-methyl/N-ethyl adjacent to an activating group) is 1. The molecule has 0 bridgehead atoms. The number of carbonyl (C=O) groups is 1. The summed E-state index contributed by atoms with van der Waals surface area (Å²) in [5.41, 5.74) is 0.260. The van der Waals surface area contributed by atoms with Gasteiger partial charge in [-0.25, -0.2) is 13.2 Å². The molecule has 1 atom stereocenters. The van der Waals surface area contributed by atoms with E-state index >= 15 is 0 Å². The Morgan fingerprint density at radius 3 is 2.42 bits per heavy atom. The van der Waals surface area contributed by atoms with Crippen molar-refractivity contribution in [2.45, 2.75) is 13.0 Å². The van der Waals surface area contributed by atoms with Gasteiger partial charge < -0.3 is 18.8 Å². The zero-order valence-corrected chi connectivity index (χ0v) is 18.1. The second kappa shape index (κ2) is 9.03.